The second kappa shape index (κ2) is 28.4. The second-order valence-corrected chi connectivity index (χ2v) is 20.6. The molecule has 0 radical (unpaired) electrons. The number of hydrogen-bond donors (Lipinski definition) is 21. The van der Waals surface area contributed by atoms with E-state index in [1.165, 1.54) is 6.92 Å². The predicted molar refractivity (Wildman–Crippen MR) is 248 cm³/mol. The van der Waals surface area contributed by atoms with Crippen LogP contribution in [0.5, 0.6) is 0 Å². The fourth-order valence-corrected chi connectivity index (χ4v) is 10.4. The highest BCUT2D eigenvalue weighted by Crippen LogP contribution is 2.38. The zero-order valence-electron chi connectivity index (χ0n) is 43.5. The molecule has 0 spiro atoms. The van der Waals surface area contributed by atoms with Crippen LogP contribution >= 0.6 is 0 Å². The van der Waals surface area contributed by atoms with Gasteiger partial charge in [-0.25, -0.2) is 0 Å². The van der Waals surface area contributed by atoms with E-state index < -0.39 is 260 Å². The van der Waals surface area contributed by atoms with Gasteiger partial charge in [0, 0.05) is 13.8 Å². The Morgan fingerprint density at radius 1 is 0.346 bits per heavy atom. The van der Waals surface area contributed by atoms with Crippen LogP contribution in [0.4, 0.5) is 0 Å². The van der Waals surface area contributed by atoms with E-state index in [1.54, 1.807) is 0 Å². The Bertz CT molecular complexity index is 1990. The molecule has 0 saturated carbocycles. The Labute approximate surface area is 459 Å². The van der Waals surface area contributed by atoms with Crippen molar-refractivity contribution in [2.75, 3.05) is 39.6 Å². The largest absolute Gasteiger partial charge is 0.394 e. The van der Waals surface area contributed by atoms with Crippen molar-refractivity contribution in [1.29, 1.82) is 0 Å². The maximum atomic E-state index is 12.9. The maximum Gasteiger partial charge on any atom is 0.217 e. The second-order valence-electron chi connectivity index (χ2n) is 20.6. The smallest absolute Gasteiger partial charge is 0.217 e. The summed E-state index contributed by atoms with van der Waals surface area (Å²) in [6.45, 7) is -2.39. The number of carbonyl (C=O) groups excluding carboxylic acids is 2. The third-order valence-corrected chi connectivity index (χ3v) is 14.9. The van der Waals surface area contributed by atoms with Crippen LogP contribution in [0.1, 0.15) is 20.8 Å². The molecule has 7 saturated heterocycles. The van der Waals surface area contributed by atoms with Crippen molar-refractivity contribution in [1.82, 2.24) is 10.6 Å². The van der Waals surface area contributed by atoms with E-state index in [-0.39, 0.29) is 0 Å². The number of ether oxygens (including phenoxy) is 13. The summed E-state index contributed by atoms with van der Waals surface area (Å²) in [5, 5.41) is 209. The quantitative estimate of drug-likeness (QED) is 0.0538. The molecule has 7 fully saturated rings. The van der Waals surface area contributed by atoms with Gasteiger partial charge in [-0.05, 0) is 6.92 Å². The predicted octanol–water partition coefficient (Wildman–Crippen LogP) is -14.3. The minimum Gasteiger partial charge on any atom is -0.394 e. The van der Waals surface area contributed by atoms with E-state index in [9.17, 15) is 107 Å². The van der Waals surface area contributed by atoms with Gasteiger partial charge in [0.05, 0.1) is 45.7 Å². The summed E-state index contributed by atoms with van der Waals surface area (Å²) >= 11 is 0. The van der Waals surface area contributed by atoms with Crippen LogP contribution in [-0.2, 0) is 71.2 Å². The molecule has 470 valence electrons. The monoisotopic (exact) mass is 1190 g/mol. The number of amides is 2. The first-order valence-electron chi connectivity index (χ1n) is 25.9. The van der Waals surface area contributed by atoms with E-state index in [2.05, 4.69) is 10.6 Å². The first-order chi connectivity index (χ1) is 38.3. The summed E-state index contributed by atoms with van der Waals surface area (Å²) in [5.74, 6) is -1.66. The van der Waals surface area contributed by atoms with Gasteiger partial charge < -0.3 is 169 Å². The molecule has 0 bridgehead atoms. The van der Waals surface area contributed by atoms with Crippen molar-refractivity contribution < 1.29 is 168 Å². The van der Waals surface area contributed by atoms with Gasteiger partial charge in [-0.15, -0.1) is 0 Å². The number of aliphatic hydroxyl groups is 19. The summed E-state index contributed by atoms with van der Waals surface area (Å²) in [5.41, 5.74) is 0. The molecule has 36 heteroatoms. The Kier molecular flexibility index (Phi) is 23.2. The molecule has 2 amide bonds. The van der Waals surface area contributed by atoms with Crippen LogP contribution in [0, 0.1) is 0 Å². The fraction of sp³-hybridized carbons (Fsp3) is 0.956. The zero-order valence-corrected chi connectivity index (χ0v) is 43.5. The summed E-state index contributed by atoms with van der Waals surface area (Å²) in [6, 6.07) is -3.49. The van der Waals surface area contributed by atoms with Gasteiger partial charge in [-0.1, -0.05) is 0 Å². The summed E-state index contributed by atoms with van der Waals surface area (Å²) in [4.78, 5) is 25.4. The van der Waals surface area contributed by atoms with Gasteiger partial charge in [-0.2, -0.15) is 0 Å². The zero-order chi connectivity index (χ0) is 59.6. The fourth-order valence-electron chi connectivity index (χ4n) is 10.4. The van der Waals surface area contributed by atoms with Crippen LogP contribution < -0.4 is 10.6 Å². The standard InChI is InChI=1S/C45H76N2O34/c1-10-21(55)27(61)31(65)42(70-10)79-36-20(47-12(3)54)39(68)71-17(8-52)35(36)78-40-19(46-11(2)53)26(60)34(16(7-51)75-40)77-45-38(81-43-30(64)23(57)14(5-49)74-43)29(63)24(58)18(76-45)9-69-41-33(67)37(25(59)15(6-50)72-41)80-44-32(66)28(62)22(56)13(4-48)73-44/h10,13-45,48-52,55-68H,4-9H2,1-3H3,(H,46,53)(H,47,54)/t10-,13+,14+,15+,16+,17+,18+,19+,20+,21+,22+,23-,24+,25+,26+,27+,28-,29-,30+,31-,32-,33-,34+,35+,36+,37-,38-,39?,40-,41-,42-,43-,44+,45-/m0/s1. The van der Waals surface area contributed by atoms with E-state index in [4.69, 9.17) is 61.6 Å². The molecule has 7 aliphatic heterocycles. The van der Waals surface area contributed by atoms with Crippen molar-refractivity contribution >= 4 is 11.8 Å². The molecule has 7 aliphatic rings. The van der Waals surface area contributed by atoms with Crippen LogP contribution in [0.2, 0.25) is 0 Å². The molecule has 0 aromatic heterocycles. The first kappa shape index (κ1) is 66.2. The topological polar surface area (TPSA) is 563 Å². The Morgan fingerprint density at radius 2 is 0.753 bits per heavy atom. The van der Waals surface area contributed by atoms with Gasteiger partial charge >= 0.3 is 0 Å². The average Bonchev–Trinajstić information content (AvgIpc) is 3.74. The van der Waals surface area contributed by atoms with Crippen molar-refractivity contribution in [3.05, 3.63) is 0 Å². The average molecular weight is 1190 g/mol. The SMILES string of the molecule is CC(=O)N[C@H]1[C@H](O[C@H]2[C@H](O[C@@H]3O[C@@H](C)[C@@H](O)[C@@H](O)[C@@H]3O)[C@@H](NC(C)=O)C(O)O[C@@H]2CO)O[C@H](CO)[C@@H](O[C@@H]2O[C@H](CO[C@H]3O[C@H](CO)[C@@H](O)[C@H](O[C@H]4O[C@H](CO)[C@@H](O)[C@H](O)[C@@H]4O)[C@@H]3O)[C@@H](O)[C@H](O)[C@@H]2O[C@@H]2O[C@H](CO)[C@H](O)[C@H]2O)[C@@H]1O. The molecule has 34 atom stereocenters. The third kappa shape index (κ3) is 14.2. The van der Waals surface area contributed by atoms with Gasteiger partial charge in [0.1, 0.15) is 159 Å². The summed E-state index contributed by atoms with van der Waals surface area (Å²) in [7, 11) is 0. The van der Waals surface area contributed by atoms with Gasteiger partial charge in [0.2, 0.25) is 11.8 Å². The van der Waals surface area contributed by atoms with E-state index in [0.29, 0.717) is 0 Å². The van der Waals surface area contributed by atoms with Crippen molar-refractivity contribution in [2.45, 2.75) is 229 Å². The minimum atomic E-state index is -2.23. The summed E-state index contributed by atoms with van der Waals surface area (Å²) in [6.07, 6.45) is -59.9. The highest BCUT2D eigenvalue weighted by Gasteiger charge is 2.59. The van der Waals surface area contributed by atoms with Crippen LogP contribution in [0.3, 0.4) is 0 Å². The normalized spacial score (nSPS) is 50.7. The first-order valence-corrected chi connectivity index (χ1v) is 25.9. The van der Waals surface area contributed by atoms with Crippen molar-refractivity contribution in [2.24, 2.45) is 0 Å². The van der Waals surface area contributed by atoms with Gasteiger partial charge in [0.15, 0.2) is 44.0 Å². The molecule has 21 N–H and O–H groups in total. The van der Waals surface area contributed by atoms with Crippen LogP contribution in [0.15, 0.2) is 0 Å². The lowest BCUT2D eigenvalue weighted by atomic mass is 9.93. The molecule has 0 aromatic rings. The molecule has 36 nitrogen and oxygen atoms in total. The molecule has 81 heavy (non-hydrogen) atoms. The maximum absolute atomic E-state index is 12.9. The Hall–Kier alpha value is -2.34. The third-order valence-electron chi connectivity index (χ3n) is 14.9. The highest BCUT2D eigenvalue weighted by atomic mass is 16.8. The van der Waals surface area contributed by atoms with Crippen LogP contribution in [-0.4, -0.2) is 357 Å². The molecule has 1 unspecified atom stereocenters. The van der Waals surface area contributed by atoms with Crippen molar-refractivity contribution in [3.63, 3.8) is 0 Å². The van der Waals surface area contributed by atoms with E-state index >= 15 is 0 Å². The molecular weight excluding hydrogens is 1110 g/mol. The number of nitrogens with one attached hydrogen (secondary N) is 2. The van der Waals surface area contributed by atoms with Gasteiger partial charge in [-0.3, -0.25) is 9.59 Å². The Morgan fingerprint density at radius 3 is 1.32 bits per heavy atom. The number of hydrogen-bond acceptors (Lipinski definition) is 34. The molecule has 0 aliphatic carbocycles. The van der Waals surface area contributed by atoms with Crippen molar-refractivity contribution in [3.8, 4) is 0 Å². The number of carbonyl (C=O) groups is 2. The van der Waals surface area contributed by atoms with E-state index in [0.717, 1.165) is 13.8 Å². The van der Waals surface area contributed by atoms with Crippen LogP contribution in [0.25, 0.3) is 0 Å². The molecule has 0 aromatic carbocycles. The number of rotatable bonds is 20. The Balaban J connectivity index is 1.15. The molecule has 7 heterocycles. The highest BCUT2D eigenvalue weighted by molar-refractivity contribution is 5.73. The summed E-state index contributed by atoms with van der Waals surface area (Å²) < 4.78 is 75.3. The molecular formula is C45H76N2O34. The van der Waals surface area contributed by atoms with E-state index in [1.807, 2.05) is 0 Å². The molecule has 7 rings (SSSR count). The van der Waals surface area contributed by atoms with Gasteiger partial charge in [0.25, 0.3) is 0 Å². The lowest BCUT2D eigenvalue weighted by molar-refractivity contribution is -0.385. The number of aliphatic hydroxyl groups excluding tert-OH is 19. The lowest BCUT2D eigenvalue weighted by Crippen LogP contribution is -2.71. The minimum absolute atomic E-state index is 0.785. The lowest BCUT2D eigenvalue weighted by Gasteiger charge is -2.51.